The fourth-order valence-electron chi connectivity index (χ4n) is 2.16. The number of rotatable bonds is 4. The first kappa shape index (κ1) is 17.0. The van der Waals surface area contributed by atoms with Gasteiger partial charge < -0.3 is 10.1 Å². The van der Waals surface area contributed by atoms with Crippen LogP contribution in [-0.4, -0.2) is 18.0 Å². The molecule has 0 saturated heterocycles. The van der Waals surface area contributed by atoms with Crippen LogP contribution < -0.4 is 5.32 Å². The van der Waals surface area contributed by atoms with E-state index in [-0.39, 0.29) is 11.4 Å². The summed E-state index contributed by atoms with van der Waals surface area (Å²) in [5.74, 6) is -0.435. The van der Waals surface area contributed by atoms with Crippen LogP contribution in [0, 0.1) is 6.92 Å². The van der Waals surface area contributed by atoms with Gasteiger partial charge in [0.15, 0.2) is 6.10 Å². The predicted molar refractivity (Wildman–Crippen MR) is 78.8 cm³/mol. The van der Waals surface area contributed by atoms with Crippen molar-refractivity contribution in [2.24, 2.45) is 0 Å². The zero-order valence-corrected chi connectivity index (χ0v) is 12.5. The average Bonchev–Trinajstić information content (AvgIpc) is 2.50. The van der Waals surface area contributed by atoms with Crippen molar-refractivity contribution in [2.45, 2.75) is 19.2 Å². The number of benzene rings is 1. The van der Waals surface area contributed by atoms with E-state index in [0.717, 1.165) is 6.07 Å². The molecule has 0 aliphatic heterocycles. The zero-order valence-electron chi connectivity index (χ0n) is 12.5. The Bertz CT molecular complexity index is 702. The van der Waals surface area contributed by atoms with Crippen molar-refractivity contribution in [3.05, 3.63) is 59.3 Å². The molecule has 4 nitrogen and oxygen atoms in total. The molecule has 0 aliphatic carbocycles. The Morgan fingerprint density at radius 3 is 2.52 bits per heavy atom. The molecule has 122 valence electrons. The Labute approximate surface area is 131 Å². The number of nitrogens with zero attached hydrogens (tertiary/aromatic N) is 1. The Morgan fingerprint density at radius 2 is 1.91 bits per heavy atom. The minimum Gasteiger partial charge on any atom is -0.367 e. The molecule has 0 spiro atoms. The summed E-state index contributed by atoms with van der Waals surface area (Å²) in [6.07, 6.45) is -4.49. The van der Waals surface area contributed by atoms with E-state index in [9.17, 15) is 18.0 Å². The Balaban J connectivity index is 2.34. The minimum atomic E-state index is -4.57. The second-order valence-corrected chi connectivity index (χ2v) is 4.86. The quantitative estimate of drug-likeness (QED) is 0.932. The summed E-state index contributed by atoms with van der Waals surface area (Å²) in [5, 5.41) is 2.50. The van der Waals surface area contributed by atoms with Gasteiger partial charge >= 0.3 is 6.18 Å². The summed E-state index contributed by atoms with van der Waals surface area (Å²) in [6, 6.07) is 8.25. The van der Waals surface area contributed by atoms with Crippen molar-refractivity contribution in [1.29, 1.82) is 0 Å². The van der Waals surface area contributed by atoms with Crippen LogP contribution in [0.3, 0.4) is 0 Å². The van der Waals surface area contributed by atoms with Crippen LogP contribution in [0.1, 0.15) is 22.8 Å². The molecule has 0 bridgehead atoms. The van der Waals surface area contributed by atoms with Gasteiger partial charge in [-0.05, 0) is 24.6 Å². The van der Waals surface area contributed by atoms with Crippen LogP contribution in [0.5, 0.6) is 0 Å². The van der Waals surface area contributed by atoms with Gasteiger partial charge in [0.25, 0.3) is 5.91 Å². The number of amides is 1. The lowest BCUT2D eigenvalue weighted by atomic mass is 10.0. The van der Waals surface area contributed by atoms with Gasteiger partial charge in [0, 0.05) is 18.9 Å². The first-order chi connectivity index (χ1) is 10.8. The van der Waals surface area contributed by atoms with Gasteiger partial charge in [-0.3, -0.25) is 4.79 Å². The Kier molecular flexibility index (Phi) is 5.00. The van der Waals surface area contributed by atoms with Crippen molar-refractivity contribution in [2.75, 3.05) is 12.4 Å². The van der Waals surface area contributed by atoms with Crippen molar-refractivity contribution < 1.29 is 22.7 Å². The number of hydrogen-bond acceptors (Lipinski definition) is 3. The van der Waals surface area contributed by atoms with Crippen LogP contribution in [0.15, 0.2) is 42.6 Å². The normalized spacial score (nSPS) is 12.7. The Morgan fingerprint density at radius 1 is 1.22 bits per heavy atom. The topological polar surface area (TPSA) is 51.2 Å². The maximum Gasteiger partial charge on any atom is 0.416 e. The molecule has 1 unspecified atom stereocenters. The molecule has 2 rings (SSSR count). The summed E-state index contributed by atoms with van der Waals surface area (Å²) in [7, 11) is 1.18. The zero-order chi connectivity index (χ0) is 17.0. The maximum atomic E-state index is 13.1. The van der Waals surface area contributed by atoms with Crippen molar-refractivity contribution in [3.63, 3.8) is 0 Å². The van der Waals surface area contributed by atoms with Crippen LogP contribution in [-0.2, 0) is 15.7 Å². The molecule has 23 heavy (non-hydrogen) atoms. The highest BCUT2D eigenvalue weighted by Crippen LogP contribution is 2.35. The summed E-state index contributed by atoms with van der Waals surface area (Å²) < 4.78 is 44.3. The van der Waals surface area contributed by atoms with E-state index in [2.05, 4.69) is 10.3 Å². The van der Waals surface area contributed by atoms with Crippen LogP contribution >= 0.6 is 0 Å². The lowest BCUT2D eigenvalue weighted by Gasteiger charge is -2.20. The maximum absolute atomic E-state index is 13.1. The van der Waals surface area contributed by atoms with Crippen LogP contribution in [0.4, 0.5) is 19.0 Å². The molecular formula is C16H15F3N2O2. The largest absolute Gasteiger partial charge is 0.416 e. The number of nitrogens with one attached hydrogen (secondary N) is 1. The molecular weight excluding hydrogens is 309 g/mol. The number of pyridine rings is 1. The number of carbonyl (C=O) groups excluding carboxylic acids is 1. The molecule has 7 heteroatoms. The molecule has 1 aromatic carbocycles. The number of ether oxygens (including phenoxy) is 1. The van der Waals surface area contributed by atoms with Gasteiger partial charge in [0.1, 0.15) is 5.82 Å². The van der Waals surface area contributed by atoms with E-state index >= 15 is 0 Å². The van der Waals surface area contributed by atoms with Gasteiger partial charge in [0.05, 0.1) is 5.56 Å². The molecule has 0 radical (unpaired) electrons. The lowest BCUT2D eigenvalue weighted by molar-refractivity contribution is -0.140. The number of alkyl halides is 3. The molecule has 0 saturated carbocycles. The molecule has 1 atom stereocenters. The second kappa shape index (κ2) is 6.78. The third-order valence-corrected chi connectivity index (χ3v) is 3.27. The number of methoxy groups -OCH3 is 1. The van der Waals surface area contributed by atoms with Crippen LogP contribution in [0.25, 0.3) is 0 Å². The molecule has 0 aliphatic rings. The SMILES string of the molecule is COC(C(=O)Nc1ncccc1C)c1ccccc1C(F)(F)F. The standard InChI is InChI=1S/C16H15F3N2O2/c1-10-6-5-9-20-14(10)21-15(22)13(23-2)11-7-3-4-8-12(11)16(17,18)19/h3-9,13H,1-2H3,(H,20,21,22). The van der Waals surface area contributed by atoms with E-state index in [1.54, 1.807) is 19.1 Å². The second-order valence-electron chi connectivity index (χ2n) is 4.86. The van der Waals surface area contributed by atoms with Crippen molar-refractivity contribution in [1.82, 2.24) is 4.98 Å². The lowest BCUT2D eigenvalue weighted by Crippen LogP contribution is -2.25. The van der Waals surface area contributed by atoms with Gasteiger partial charge in [-0.1, -0.05) is 24.3 Å². The van der Waals surface area contributed by atoms with E-state index in [1.165, 1.54) is 31.5 Å². The molecule has 1 heterocycles. The third-order valence-electron chi connectivity index (χ3n) is 3.27. The predicted octanol–water partition coefficient (Wildman–Crippen LogP) is 3.74. The van der Waals surface area contributed by atoms with Crippen molar-refractivity contribution >= 4 is 11.7 Å². The monoisotopic (exact) mass is 324 g/mol. The van der Waals surface area contributed by atoms with Gasteiger partial charge in [0.2, 0.25) is 0 Å². The van der Waals surface area contributed by atoms with Gasteiger partial charge in [-0.15, -0.1) is 0 Å². The van der Waals surface area contributed by atoms with Gasteiger partial charge in [-0.25, -0.2) is 4.98 Å². The number of anilines is 1. The number of hydrogen-bond donors (Lipinski definition) is 1. The molecule has 1 aromatic heterocycles. The molecule has 1 N–H and O–H groups in total. The molecule has 0 fully saturated rings. The summed E-state index contributed by atoms with van der Waals surface area (Å²) >= 11 is 0. The van der Waals surface area contributed by atoms with E-state index in [1.807, 2.05) is 0 Å². The van der Waals surface area contributed by atoms with Gasteiger partial charge in [-0.2, -0.15) is 13.2 Å². The van der Waals surface area contributed by atoms with Crippen molar-refractivity contribution in [3.8, 4) is 0 Å². The van der Waals surface area contributed by atoms with E-state index in [0.29, 0.717) is 5.56 Å². The number of carbonyl (C=O) groups is 1. The average molecular weight is 324 g/mol. The fourth-order valence-corrected chi connectivity index (χ4v) is 2.16. The molecule has 2 aromatic rings. The number of halogens is 3. The number of aryl methyl sites for hydroxylation is 1. The third kappa shape index (κ3) is 3.87. The van der Waals surface area contributed by atoms with Crippen LogP contribution in [0.2, 0.25) is 0 Å². The number of aromatic nitrogens is 1. The first-order valence-corrected chi connectivity index (χ1v) is 6.76. The first-order valence-electron chi connectivity index (χ1n) is 6.76. The van der Waals surface area contributed by atoms with E-state index < -0.39 is 23.8 Å². The summed E-state index contributed by atoms with van der Waals surface area (Å²) in [5.41, 5.74) is -0.451. The summed E-state index contributed by atoms with van der Waals surface area (Å²) in [6.45, 7) is 1.73. The highest BCUT2D eigenvalue weighted by atomic mass is 19.4. The highest BCUT2D eigenvalue weighted by molar-refractivity contribution is 5.94. The molecule has 1 amide bonds. The fraction of sp³-hybridized carbons (Fsp3) is 0.250. The smallest absolute Gasteiger partial charge is 0.367 e. The minimum absolute atomic E-state index is 0.242. The Hall–Kier alpha value is -2.41. The summed E-state index contributed by atoms with van der Waals surface area (Å²) in [4.78, 5) is 16.3. The van der Waals surface area contributed by atoms with E-state index in [4.69, 9.17) is 4.74 Å². The highest BCUT2D eigenvalue weighted by Gasteiger charge is 2.37.